The van der Waals surface area contributed by atoms with Crippen molar-refractivity contribution in [2.45, 2.75) is 89.3 Å². The van der Waals surface area contributed by atoms with Gasteiger partial charge in [0.05, 0.1) is 25.3 Å². The summed E-state index contributed by atoms with van der Waals surface area (Å²) in [6.45, 7) is 7.27. The second-order valence-electron chi connectivity index (χ2n) is 16.6. The third-order valence-corrected chi connectivity index (χ3v) is 12.1. The van der Waals surface area contributed by atoms with Gasteiger partial charge in [-0.2, -0.15) is 11.8 Å². The number of hydrogen-bond donors (Lipinski definition) is 7. The lowest BCUT2D eigenvalue weighted by atomic mass is 9.83. The highest BCUT2D eigenvalue weighted by Gasteiger charge is 2.38. The number of thioether (sulfide) groups is 1. The monoisotopic (exact) mass is 912 g/mol. The first-order valence-corrected chi connectivity index (χ1v) is 23.0. The van der Waals surface area contributed by atoms with Crippen LogP contribution in [0.2, 0.25) is 0 Å². The van der Waals surface area contributed by atoms with Gasteiger partial charge in [-0.15, -0.1) is 0 Å². The van der Waals surface area contributed by atoms with Crippen LogP contribution in [0.3, 0.4) is 0 Å². The molecule has 17 nitrogen and oxygen atoms in total. The zero-order chi connectivity index (χ0) is 47.2. The van der Waals surface area contributed by atoms with Crippen LogP contribution < -0.4 is 42.4 Å². The Bertz CT molecular complexity index is 2230. The minimum atomic E-state index is -1.09. The molecular formula is C47H60N8O9S. The minimum absolute atomic E-state index is 0.00772. The van der Waals surface area contributed by atoms with Gasteiger partial charge in [0.2, 0.25) is 35.4 Å². The fraction of sp³-hybridized carbons (Fsp3) is 0.447. The molecule has 1 aliphatic carbocycles. The summed E-state index contributed by atoms with van der Waals surface area (Å²) in [7, 11) is 1.57. The van der Waals surface area contributed by atoms with Gasteiger partial charge in [0.1, 0.15) is 29.9 Å². The molecule has 2 aliphatic rings. The number of methoxy groups -OCH3 is 1. The van der Waals surface area contributed by atoms with E-state index in [9.17, 15) is 38.4 Å². The van der Waals surface area contributed by atoms with E-state index in [4.69, 9.17) is 10.5 Å². The first-order valence-electron chi connectivity index (χ1n) is 21.9. The molecule has 5 atom stereocenters. The standard InChI is InChI=1S/C47H60N8O9S/c1-27(2)23-36(53-39(56)24-51-45(61)37(54-44(60)29(4)52-43(59)28(3)48)26-65-25-30-16-18-31(64-5)19-17-30)47(63)55-22-9-15-38(55)46(62)50-21-10-20-49-35-14-8-13-34-40(35)42(58)33-12-7-6-11-32(33)41(34)57/h6-8,11-14,16-19,27-29,36-38,49H,9-10,15,20-26,48H2,1-5H3,(H,50,62)(H,51,61)(H,52,59)(H,53,56)(H,54,60)/t28-,29-,36-,37-,38-/m0/s1. The summed E-state index contributed by atoms with van der Waals surface area (Å²) in [5.41, 5.74) is 8.53. The van der Waals surface area contributed by atoms with E-state index in [1.54, 1.807) is 49.6 Å². The molecular weight excluding hydrogens is 853 g/mol. The molecule has 0 spiro atoms. The number of nitrogens with one attached hydrogen (secondary N) is 6. The number of benzene rings is 3. The lowest BCUT2D eigenvalue weighted by Gasteiger charge is -2.29. The Morgan fingerprint density at radius 1 is 0.785 bits per heavy atom. The highest BCUT2D eigenvalue weighted by atomic mass is 32.2. The molecule has 6 amide bonds. The summed E-state index contributed by atoms with van der Waals surface area (Å²) >= 11 is 1.38. The van der Waals surface area contributed by atoms with Crippen LogP contribution in [0.1, 0.15) is 90.8 Å². The first kappa shape index (κ1) is 49.7. The van der Waals surface area contributed by atoms with Crippen molar-refractivity contribution in [2.24, 2.45) is 11.7 Å². The average molecular weight is 913 g/mol. The number of carbonyl (C=O) groups excluding carboxylic acids is 8. The van der Waals surface area contributed by atoms with E-state index in [0.717, 1.165) is 5.56 Å². The molecule has 3 aromatic carbocycles. The Kier molecular flexibility index (Phi) is 18.1. The van der Waals surface area contributed by atoms with E-state index in [1.165, 1.54) is 30.5 Å². The summed E-state index contributed by atoms with van der Waals surface area (Å²) in [6, 6.07) is 14.6. The summed E-state index contributed by atoms with van der Waals surface area (Å²) in [4.78, 5) is 108. The predicted molar refractivity (Wildman–Crippen MR) is 247 cm³/mol. The van der Waals surface area contributed by atoms with Crippen molar-refractivity contribution in [3.05, 3.63) is 94.5 Å². The fourth-order valence-electron chi connectivity index (χ4n) is 7.57. The zero-order valence-electron chi connectivity index (χ0n) is 37.5. The number of amides is 6. The first-order chi connectivity index (χ1) is 31.1. The number of anilines is 1. The number of fused-ring (bicyclic) bond motifs is 2. The van der Waals surface area contributed by atoms with E-state index in [1.807, 2.05) is 38.1 Å². The SMILES string of the molecule is COc1ccc(CSC[C@H](NC(=O)[C@H](C)NC(=O)[C@H](C)N)C(=O)NCC(=O)N[C@@H](CC(C)C)C(=O)N2CCC[C@H]2C(=O)NCCCNc2cccc3c2C(=O)c2ccccc2C3=O)cc1. The molecule has 3 aromatic rings. The van der Waals surface area contributed by atoms with E-state index in [0.29, 0.717) is 71.8 Å². The van der Waals surface area contributed by atoms with Gasteiger partial charge in [-0.25, -0.2) is 0 Å². The molecule has 0 unspecified atom stereocenters. The molecule has 348 valence electrons. The van der Waals surface area contributed by atoms with Gasteiger partial charge in [-0.3, -0.25) is 38.4 Å². The molecule has 18 heteroatoms. The largest absolute Gasteiger partial charge is 0.497 e. The van der Waals surface area contributed by atoms with Crippen molar-refractivity contribution in [3.63, 3.8) is 0 Å². The van der Waals surface area contributed by atoms with Crippen molar-refractivity contribution in [3.8, 4) is 5.75 Å². The molecule has 0 saturated carbocycles. The number of ether oxygens (including phenoxy) is 1. The third kappa shape index (κ3) is 13.4. The molecule has 8 N–H and O–H groups in total. The Morgan fingerprint density at radius 3 is 2.15 bits per heavy atom. The maximum atomic E-state index is 14.0. The lowest BCUT2D eigenvalue weighted by Crippen LogP contribution is -2.57. The Balaban J connectivity index is 1.13. The molecule has 5 rings (SSSR count). The molecule has 1 fully saturated rings. The minimum Gasteiger partial charge on any atom is -0.497 e. The van der Waals surface area contributed by atoms with Gasteiger partial charge in [0.25, 0.3) is 0 Å². The normalized spacial score (nSPS) is 16.0. The number of nitrogens with two attached hydrogens (primary N) is 1. The number of likely N-dealkylation sites (tertiary alicyclic amines) is 1. The highest BCUT2D eigenvalue weighted by Crippen LogP contribution is 2.32. The second-order valence-corrected chi connectivity index (χ2v) is 17.6. The Hall–Kier alpha value is -6.27. The molecule has 0 aromatic heterocycles. The number of hydrogen-bond acceptors (Lipinski definition) is 12. The number of carbonyl (C=O) groups is 8. The maximum Gasteiger partial charge on any atom is 0.245 e. The van der Waals surface area contributed by atoms with Crippen LogP contribution in [0.25, 0.3) is 0 Å². The van der Waals surface area contributed by atoms with Crippen LogP contribution in [-0.4, -0.2) is 121 Å². The topological polar surface area (TPSA) is 247 Å². The van der Waals surface area contributed by atoms with Gasteiger partial charge in [0.15, 0.2) is 11.6 Å². The Morgan fingerprint density at radius 2 is 1.48 bits per heavy atom. The van der Waals surface area contributed by atoms with Crippen LogP contribution in [0.4, 0.5) is 5.69 Å². The van der Waals surface area contributed by atoms with Crippen molar-refractivity contribution in [1.29, 1.82) is 0 Å². The summed E-state index contributed by atoms with van der Waals surface area (Å²) in [5, 5.41) is 16.7. The number of nitrogens with zero attached hydrogens (tertiary/aromatic N) is 1. The summed E-state index contributed by atoms with van der Waals surface area (Å²) in [6.07, 6.45) is 1.81. The van der Waals surface area contributed by atoms with E-state index in [-0.39, 0.29) is 42.1 Å². The molecule has 0 radical (unpaired) electrons. The van der Waals surface area contributed by atoms with E-state index < -0.39 is 66.3 Å². The van der Waals surface area contributed by atoms with Gasteiger partial charge >= 0.3 is 0 Å². The summed E-state index contributed by atoms with van der Waals surface area (Å²) in [5.74, 6) is -2.27. The maximum absolute atomic E-state index is 14.0. The number of rotatable bonds is 22. The summed E-state index contributed by atoms with van der Waals surface area (Å²) < 4.78 is 5.22. The van der Waals surface area contributed by atoms with Gasteiger partial charge < -0.3 is 47.3 Å². The van der Waals surface area contributed by atoms with E-state index in [2.05, 4.69) is 31.9 Å². The fourth-order valence-corrected chi connectivity index (χ4v) is 8.59. The molecule has 1 heterocycles. The quantitative estimate of drug-likeness (QED) is 0.0562. The highest BCUT2D eigenvalue weighted by molar-refractivity contribution is 7.98. The smallest absolute Gasteiger partial charge is 0.245 e. The average Bonchev–Trinajstić information content (AvgIpc) is 3.79. The number of ketones is 2. The van der Waals surface area contributed by atoms with Crippen molar-refractivity contribution >= 4 is 64.5 Å². The van der Waals surface area contributed by atoms with Gasteiger partial charge in [-0.05, 0) is 69.2 Å². The van der Waals surface area contributed by atoms with E-state index >= 15 is 0 Å². The van der Waals surface area contributed by atoms with Crippen LogP contribution in [-0.2, 0) is 34.5 Å². The zero-order valence-corrected chi connectivity index (χ0v) is 38.3. The van der Waals surface area contributed by atoms with Crippen LogP contribution >= 0.6 is 11.8 Å². The van der Waals surface area contributed by atoms with Crippen LogP contribution in [0.5, 0.6) is 5.75 Å². The van der Waals surface area contributed by atoms with Crippen LogP contribution in [0.15, 0.2) is 66.7 Å². The van der Waals surface area contributed by atoms with Gasteiger partial charge in [-0.1, -0.05) is 62.4 Å². The Labute approximate surface area is 383 Å². The third-order valence-electron chi connectivity index (χ3n) is 11.0. The second kappa shape index (κ2) is 23.6. The molecule has 65 heavy (non-hydrogen) atoms. The predicted octanol–water partition coefficient (Wildman–Crippen LogP) is 2.30. The van der Waals surface area contributed by atoms with Crippen LogP contribution in [0, 0.1) is 5.92 Å². The molecule has 0 bridgehead atoms. The van der Waals surface area contributed by atoms with Crippen molar-refractivity contribution < 1.29 is 43.1 Å². The van der Waals surface area contributed by atoms with Crippen molar-refractivity contribution in [1.82, 2.24) is 31.5 Å². The van der Waals surface area contributed by atoms with Gasteiger partial charge in [0, 0.05) is 53.5 Å². The van der Waals surface area contributed by atoms with Crippen molar-refractivity contribution in [2.75, 3.05) is 44.4 Å². The lowest BCUT2D eigenvalue weighted by molar-refractivity contribution is -0.141. The molecule has 1 aliphatic heterocycles. The molecule has 1 saturated heterocycles.